The van der Waals surface area contributed by atoms with Gasteiger partial charge in [-0.3, -0.25) is 4.79 Å². The lowest BCUT2D eigenvalue weighted by molar-refractivity contribution is -0.116. The molecule has 5 heteroatoms. The van der Waals surface area contributed by atoms with Gasteiger partial charge in [0.25, 0.3) is 0 Å². The van der Waals surface area contributed by atoms with E-state index in [1.807, 2.05) is 0 Å². The van der Waals surface area contributed by atoms with Crippen molar-refractivity contribution < 1.29 is 4.79 Å². The van der Waals surface area contributed by atoms with Gasteiger partial charge in [-0.25, -0.2) is 0 Å². The number of carbonyl (C=O) groups excluding carboxylic acids is 1. The topological polar surface area (TPSA) is 55.1 Å². The van der Waals surface area contributed by atoms with E-state index in [0.717, 1.165) is 0 Å². The van der Waals surface area contributed by atoms with Crippen molar-refractivity contribution in [2.45, 2.75) is 19.4 Å². The Bertz CT molecular complexity index is 366. The van der Waals surface area contributed by atoms with Crippen LogP contribution in [0.25, 0.3) is 0 Å². The summed E-state index contributed by atoms with van der Waals surface area (Å²) in [6.45, 7) is 1.77. The van der Waals surface area contributed by atoms with E-state index in [-0.39, 0.29) is 18.4 Å². The van der Waals surface area contributed by atoms with Gasteiger partial charge in [-0.15, -0.1) is 0 Å². The third-order valence-corrected chi connectivity index (χ3v) is 2.26. The quantitative estimate of drug-likeness (QED) is 0.862. The monoisotopic (exact) mass is 246 g/mol. The second-order valence-corrected chi connectivity index (χ2v) is 4.20. The van der Waals surface area contributed by atoms with Crippen molar-refractivity contribution in [1.82, 2.24) is 0 Å². The molecule has 1 rings (SSSR count). The lowest BCUT2D eigenvalue weighted by atomic mass is 10.2. The summed E-state index contributed by atoms with van der Waals surface area (Å²) in [6, 6.07) is 4.72. The van der Waals surface area contributed by atoms with Gasteiger partial charge in [-0.05, 0) is 25.1 Å². The minimum Gasteiger partial charge on any atom is -0.327 e. The highest BCUT2D eigenvalue weighted by Gasteiger charge is 2.07. The number of nitrogens with one attached hydrogen (secondary N) is 1. The molecule has 0 aromatic heterocycles. The number of nitrogens with two attached hydrogens (primary N) is 1. The molecule has 0 saturated heterocycles. The molecule has 3 N–H and O–H groups in total. The van der Waals surface area contributed by atoms with E-state index < -0.39 is 0 Å². The van der Waals surface area contributed by atoms with Crippen molar-refractivity contribution >= 4 is 34.8 Å². The van der Waals surface area contributed by atoms with E-state index in [1.165, 1.54) is 0 Å². The Morgan fingerprint density at radius 3 is 2.73 bits per heavy atom. The van der Waals surface area contributed by atoms with Crippen LogP contribution in [0.4, 0.5) is 5.69 Å². The number of carbonyl (C=O) groups is 1. The average molecular weight is 247 g/mol. The molecule has 0 aliphatic heterocycles. The first kappa shape index (κ1) is 12.3. The molecule has 0 aliphatic rings. The molecule has 0 fully saturated rings. The van der Waals surface area contributed by atoms with Crippen LogP contribution in [0.1, 0.15) is 13.3 Å². The third kappa shape index (κ3) is 4.08. The fourth-order valence-electron chi connectivity index (χ4n) is 1.08. The van der Waals surface area contributed by atoms with Crippen LogP contribution in [0, 0.1) is 0 Å². The van der Waals surface area contributed by atoms with Crippen molar-refractivity contribution in [1.29, 1.82) is 0 Å². The Labute approximate surface area is 98.5 Å². The predicted octanol–water partition coefficient (Wildman–Crippen LogP) is 2.67. The summed E-state index contributed by atoms with van der Waals surface area (Å²) >= 11 is 11.6. The molecule has 0 aliphatic carbocycles. The fourth-order valence-corrected chi connectivity index (χ4v) is 1.54. The van der Waals surface area contributed by atoms with Crippen LogP contribution in [-0.4, -0.2) is 11.9 Å². The molecular weight excluding hydrogens is 235 g/mol. The molecular formula is C10H12Cl2N2O. The molecule has 3 nitrogen and oxygen atoms in total. The maximum Gasteiger partial charge on any atom is 0.225 e. The minimum absolute atomic E-state index is 0.158. The van der Waals surface area contributed by atoms with Crippen molar-refractivity contribution in [3.63, 3.8) is 0 Å². The largest absolute Gasteiger partial charge is 0.327 e. The van der Waals surface area contributed by atoms with E-state index in [2.05, 4.69) is 5.32 Å². The Balaban J connectivity index is 2.68. The summed E-state index contributed by atoms with van der Waals surface area (Å²) in [6.07, 6.45) is 0.263. The molecule has 0 bridgehead atoms. The van der Waals surface area contributed by atoms with E-state index >= 15 is 0 Å². The normalized spacial score (nSPS) is 12.3. The van der Waals surface area contributed by atoms with Crippen molar-refractivity contribution in [2.75, 3.05) is 5.32 Å². The van der Waals surface area contributed by atoms with E-state index in [4.69, 9.17) is 28.9 Å². The van der Waals surface area contributed by atoms with Gasteiger partial charge in [0, 0.05) is 17.5 Å². The summed E-state index contributed by atoms with van der Waals surface area (Å²) in [5.41, 5.74) is 6.04. The molecule has 0 spiro atoms. The SMILES string of the molecule is CC(N)CC(=O)Nc1ccc(Cl)cc1Cl. The maximum atomic E-state index is 11.4. The zero-order chi connectivity index (χ0) is 11.4. The Hall–Kier alpha value is -0.770. The van der Waals surface area contributed by atoms with Crippen LogP contribution in [0.15, 0.2) is 18.2 Å². The second-order valence-electron chi connectivity index (χ2n) is 3.35. The summed E-state index contributed by atoms with van der Waals surface area (Å²) in [5.74, 6) is -0.158. The van der Waals surface area contributed by atoms with Crippen molar-refractivity contribution in [3.05, 3.63) is 28.2 Å². The first-order valence-electron chi connectivity index (χ1n) is 4.49. The van der Waals surface area contributed by atoms with Crippen LogP contribution < -0.4 is 11.1 Å². The molecule has 0 heterocycles. The Morgan fingerprint density at radius 1 is 1.53 bits per heavy atom. The Morgan fingerprint density at radius 2 is 2.20 bits per heavy atom. The predicted molar refractivity (Wildman–Crippen MR) is 63.4 cm³/mol. The van der Waals surface area contributed by atoms with Gasteiger partial charge in [0.05, 0.1) is 10.7 Å². The maximum absolute atomic E-state index is 11.4. The average Bonchev–Trinajstić information content (AvgIpc) is 2.08. The standard InChI is InChI=1S/C10H12Cl2N2O/c1-6(13)4-10(15)14-9-3-2-7(11)5-8(9)12/h2-3,5-6H,4,13H2,1H3,(H,14,15). The lowest BCUT2D eigenvalue weighted by Crippen LogP contribution is -2.24. The fraction of sp³-hybridized carbons (Fsp3) is 0.300. The highest BCUT2D eigenvalue weighted by atomic mass is 35.5. The molecule has 0 radical (unpaired) electrons. The lowest BCUT2D eigenvalue weighted by Gasteiger charge is -2.08. The first-order chi connectivity index (χ1) is 6.99. The smallest absolute Gasteiger partial charge is 0.225 e. The van der Waals surface area contributed by atoms with E-state index in [0.29, 0.717) is 15.7 Å². The van der Waals surface area contributed by atoms with Gasteiger partial charge in [0.2, 0.25) is 5.91 Å². The molecule has 15 heavy (non-hydrogen) atoms. The summed E-state index contributed by atoms with van der Waals surface area (Å²) in [5, 5.41) is 3.61. The molecule has 82 valence electrons. The molecule has 0 saturated carbocycles. The number of anilines is 1. The van der Waals surface area contributed by atoms with Gasteiger partial charge in [-0.2, -0.15) is 0 Å². The van der Waals surface area contributed by atoms with Crippen LogP contribution in [-0.2, 0) is 4.79 Å². The van der Waals surface area contributed by atoms with Gasteiger partial charge >= 0.3 is 0 Å². The molecule has 1 amide bonds. The van der Waals surface area contributed by atoms with Gasteiger partial charge in [0.15, 0.2) is 0 Å². The summed E-state index contributed by atoms with van der Waals surface area (Å²) < 4.78 is 0. The third-order valence-electron chi connectivity index (χ3n) is 1.71. The molecule has 1 aromatic carbocycles. The summed E-state index contributed by atoms with van der Waals surface area (Å²) in [4.78, 5) is 11.4. The summed E-state index contributed by atoms with van der Waals surface area (Å²) in [7, 11) is 0. The van der Waals surface area contributed by atoms with E-state index in [1.54, 1.807) is 25.1 Å². The van der Waals surface area contributed by atoms with Gasteiger partial charge in [-0.1, -0.05) is 23.2 Å². The number of hydrogen-bond donors (Lipinski definition) is 2. The van der Waals surface area contributed by atoms with Crippen LogP contribution in [0.5, 0.6) is 0 Å². The zero-order valence-corrected chi connectivity index (χ0v) is 9.77. The number of hydrogen-bond acceptors (Lipinski definition) is 2. The van der Waals surface area contributed by atoms with Crippen LogP contribution in [0.2, 0.25) is 10.0 Å². The highest BCUT2D eigenvalue weighted by Crippen LogP contribution is 2.25. The number of amides is 1. The van der Waals surface area contributed by atoms with Crippen molar-refractivity contribution in [3.8, 4) is 0 Å². The minimum atomic E-state index is -0.170. The van der Waals surface area contributed by atoms with Gasteiger partial charge < -0.3 is 11.1 Å². The van der Waals surface area contributed by atoms with Crippen molar-refractivity contribution in [2.24, 2.45) is 5.73 Å². The second kappa shape index (κ2) is 5.35. The van der Waals surface area contributed by atoms with Gasteiger partial charge in [0.1, 0.15) is 0 Å². The van der Waals surface area contributed by atoms with Crippen LogP contribution in [0.3, 0.4) is 0 Å². The number of rotatable bonds is 3. The first-order valence-corrected chi connectivity index (χ1v) is 5.25. The Kier molecular flexibility index (Phi) is 4.39. The number of benzene rings is 1. The molecule has 1 unspecified atom stereocenters. The number of halogens is 2. The molecule has 1 atom stereocenters. The highest BCUT2D eigenvalue weighted by molar-refractivity contribution is 6.36. The van der Waals surface area contributed by atoms with Crippen LogP contribution >= 0.6 is 23.2 Å². The zero-order valence-electron chi connectivity index (χ0n) is 8.26. The van der Waals surface area contributed by atoms with E-state index in [9.17, 15) is 4.79 Å². The molecule has 1 aromatic rings.